The van der Waals surface area contributed by atoms with E-state index in [1.807, 2.05) is 6.08 Å². The van der Waals surface area contributed by atoms with Crippen molar-refractivity contribution in [1.29, 1.82) is 0 Å². The average Bonchev–Trinajstić information content (AvgIpc) is 3.29. The highest BCUT2D eigenvalue weighted by Gasteiger charge is 2.44. The molecule has 64 heavy (non-hydrogen) atoms. The van der Waals surface area contributed by atoms with E-state index in [0.29, 0.717) is 25.9 Å². The normalized spacial score (nSPS) is 20.3. The highest BCUT2D eigenvalue weighted by Crippen LogP contribution is 2.22. The largest absolute Gasteiger partial charge is 0.466 e. The number of nitrogens with one attached hydrogen (secondary N) is 1. The molecule has 7 unspecified atom stereocenters. The van der Waals surface area contributed by atoms with Crippen molar-refractivity contribution >= 4 is 11.9 Å². The maximum absolute atomic E-state index is 13.0. The van der Waals surface area contributed by atoms with Crippen molar-refractivity contribution in [2.75, 3.05) is 19.8 Å². The summed E-state index contributed by atoms with van der Waals surface area (Å²) in [4.78, 5) is 25.0. The molecule has 6 N–H and O–H groups in total. The molecule has 0 aromatic rings. The lowest BCUT2D eigenvalue weighted by atomic mass is 9.99. The Balaban J connectivity index is 2.27. The minimum atomic E-state index is -1.59. The minimum absolute atomic E-state index is 0.0704. The quantitative estimate of drug-likeness (QED) is 0.0196. The third-order valence-corrected chi connectivity index (χ3v) is 11.9. The van der Waals surface area contributed by atoms with Gasteiger partial charge in [-0.25, -0.2) is 0 Å². The Bertz CT molecular complexity index is 1210. The SMILES string of the molecule is CCCC/C=C\CCCCCCCC(=O)OCCCC/C=C\CCCCCCCC(=O)NC(COC1OC(CO)C(O)C(O)C1O)C(O)/C=C/CC/C=C/CCCCCCCCCC. The zero-order chi connectivity index (χ0) is 46.7. The van der Waals surface area contributed by atoms with E-state index in [0.717, 1.165) is 83.5 Å². The maximum atomic E-state index is 13.0. The number of carbonyl (C=O) groups is 2. The van der Waals surface area contributed by atoms with Crippen LogP contribution >= 0.6 is 0 Å². The number of esters is 1. The average molecular weight is 906 g/mol. The van der Waals surface area contributed by atoms with Crippen molar-refractivity contribution in [3.63, 3.8) is 0 Å². The fourth-order valence-corrected chi connectivity index (χ4v) is 7.66. The Morgan fingerprint density at radius 3 is 1.59 bits per heavy atom. The van der Waals surface area contributed by atoms with Crippen molar-refractivity contribution in [3.8, 4) is 0 Å². The molecule has 1 aliphatic rings. The summed E-state index contributed by atoms with van der Waals surface area (Å²) in [7, 11) is 0. The van der Waals surface area contributed by atoms with Gasteiger partial charge in [0.15, 0.2) is 6.29 Å². The number of rotatable bonds is 43. The highest BCUT2D eigenvalue weighted by molar-refractivity contribution is 5.76. The fraction of sp³-hybridized carbons (Fsp3) is 0.811. The lowest BCUT2D eigenvalue weighted by molar-refractivity contribution is -0.302. The van der Waals surface area contributed by atoms with Gasteiger partial charge in [-0.05, 0) is 89.9 Å². The predicted molar refractivity (Wildman–Crippen MR) is 260 cm³/mol. The van der Waals surface area contributed by atoms with Gasteiger partial charge in [-0.1, -0.05) is 159 Å². The Morgan fingerprint density at radius 2 is 1.03 bits per heavy atom. The van der Waals surface area contributed by atoms with Crippen molar-refractivity contribution in [3.05, 3.63) is 48.6 Å². The van der Waals surface area contributed by atoms with Crippen LogP contribution in [0.25, 0.3) is 0 Å². The molecule has 1 aliphatic heterocycles. The van der Waals surface area contributed by atoms with E-state index in [4.69, 9.17) is 14.2 Å². The number of hydrogen-bond acceptors (Lipinski definition) is 10. The molecule has 0 saturated carbocycles. The number of hydrogen-bond donors (Lipinski definition) is 6. The topological polar surface area (TPSA) is 175 Å². The van der Waals surface area contributed by atoms with Crippen molar-refractivity contribution in [1.82, 2.24) is 5.32 Å². The molecule has 372 valence electrons. The summed E-state index contributed by atoms with van der Waals surface area (Å²) in [5, 5.41) is 54.2. The van der Waals surface area contributed by atoms with Crippen LogP contribution in [0.1, 0.15) is 213 Å². The third kappa shape index (κ3) is 33.1. The first-order valence-corrected chi connectivity index (χ1v) is 25.9. The molecule has 1 rings (SSSR count). The highest BCUT2D eigenvalue weighted by atomic mass is 16.7. The summed E-state index contributed by atoms with van der Waals surface area (Å²) in [6, 6.07) is -0.849. The standard InChI is InChI=1S/C53H95NO10/c1-3-5-7-9-11-13-15-16-17-20-23-27-31-35-39-46(56)45(44-63-53-52(61)51(60)50(59)47(43-55)64-53)54-48(57)40-36-32-28-24-21-18-22-26-30-34-38-42-62-49(58)41-37-33-29-25-19-14-12-10-8-6-4-2/h10,12,20,22-23,26,35,39,45-47,50-53,55-56,59-61H,3-9,11,13-19,21,24-25,27-34,36-38,40-44H2,1-2H3,(H,54,57)/b12-10-,23-20+,26-22-,39-35+. The lowest BCUT2D eigenvalue weighted by Gasteiger charge is -2.40. The number of aliphatic hydroxyl groups excluding tert-OH is 5. The van der Waals surface area contributed by atoms with Crippen LogP contribution in [0.4, 0.5) is 0 Å². The fourth-order valence-electron chi connectivity index (χ4n) is 7.66. The van der Waals surface area contributed by atoms with Crippen molar-refractivity contribution in [2.45, 2.75) is 256 Å². The van der Waals surface area contributed by atoms with Gasteiger partial charge in [0, 0.05) is 12.8 Å². The van der Waals surface area contributed by atoms with Crippen molar-refractivity contribution in [2.24, 2.45) is 0 Å². The van der Waals surface area contributed by atoms with Gasteiger partial charge in [-0.15, -0.1) is 0 Å². The first-order chi connectivity index (χ1) is 31.2. The van der Waals surface area contributed by atoms with Gasteiger partial charge in [-0.2, -0.15) is 0 Å². The van der Waals surface area contributed by atoms with E-state index in [9.17, 15) is 35.1 Å². The Labute approximate surface area is 389 Å². The smallest absolute Gasteiger partial charge is 0.305 e. The second-order valence-electron chi connectivity index (χ2n) is 17.8. The zero-order valence-corrected chi connectivity index (χ0v) is 40.5. The van der Waals surface area contributed by atoms with E-state index < -0.39 is 49.5 Å². The molecule has 7 atom stereocenters. The van der Waals surface area contributed by atoms with Crippen LogP contribution in [0.2, 0.25) is 0 Å². The van der Waals surface area contributed by atoms with Crippen LogP contribution in [-0.2, 0) is 23.8 Å². The van der Waals surface area contributed by atoms with Crippen LogP contribution < -0.4 is 5.32 Å². The molecule has 0 radical (unpaired) electrons. The molecule has 11 nitrogen and oxygen atoms in total. The number of carbonyl (C=O) groups excluding carboxylic acids is 2. The van der Waals surface area contributed by atoms with Gasteiger partial charge in [0.25, 0.3) is 0 Å². The first-order valence-electron chi connectivity index (χ1n) is 25.9. The molecule has 1 saturated heterocycles. The monoisotopic (exact) mass is 906 g/mol. The Hall–Kier alpha value is -2.38. The van der Waals surface area contributed by atoms with E-state index in [1.54, 1.807) is 6.08 Å². The van der Waals surface area contributed by atoms with Crippen LogP contribution in [0.5, 0.6) is 0 Å². The van der Waals surface area contributed by atoms with Gasteiger partial charge in [0.2, 0.25) is 5.91 Å². The number of unbranched alkanes of at least 4 members (excludes halogenated alkanes) is 23. The number of aliphatic hydroxyl groups is 5. The lowest BCUT2D eigenvalue weighted by Crippen LogP contribution is -2.60. The molecule has 0 bridgehead atoms. The van der Waals surface area contributed by atoms with Crippen LogP contribution in [0.3, 0.4) is 0 Å². The molecule has 0 aromatic carbocycles. The molecular weight excluding hydrogens is 811 g/mol. The summed E-state index contributed by atoms with van der Waals surface area (Å²) in [5.74, 6) is -0.294. The number of amides is 1. The summed E-state index contributed by atoms with van der Waals surface area (Å²) in [6.07, 6.45) is 41.8. The first kappa shape index (κ1) is 59.6. The third-order valence-electron chi connectivity index (χ3n) is 11.9. The molecule has 1 fully saturated rings. The summed E-state index contributed by atoms with van der Waals surface area (Å²) in [5.41, 5.74) is 0. The second-order valence-corrected chi connectivity index (χ2v) is 17.8. The second kappa shape index (κ2) is 43.2. The van der Waals surface area contributed by atoms with Gasteiger partial charge in [-0.3, -0.25) is 9.59 Å². The predicted octanol–water partition coefficient (Wildman–Crippen LogP) is 10.5. The maximum Gasteiger partial charge on any atom is 0.305 e. The molecule has 0 aliphatic carbocycles. The minimum Gasteiger partial charge on any atom is -0.466 e. The summed E-state index contributed by atoms with van der Waals surface area (Å²) in [6.45, 7) is 4.16. The Morgan fingerprint density at radius 1 is 0.562 bits per heavy atom. The molecule has 11 heteroatoms. The van der Waals surface area contributed by atoms with Crippen LogP contribution in [-0.4, -0.2) is 100 Å². The number of allylic oxidation sites excluding steroid dienone is 7. The van der Waals surface area contributed by atoms with Gasteiger partial charge in [0.05, 0.1) is 32.0 Å². The van der Waals surface area contributed by atoms with E-state index >= 15 is 0 Å². The summed E-state index contributed by atoms with van der Waals surface area (Å²) < 4.78 is 16.6. The van der Waals surface area contributed by atoms with E-state index in [2.05, 4.69) is 55.6 Å². The molecule has 0 aromatic heterocycles. The van der Waals surface area contributed by atoms with E-state index in [1.165, 1.54) is 96.3 Å². The molecule has 1 heterocycles. The van der Waals surface area contributed by atoms with Crippen LogP contribution in [0, 0.1) is 0 Å². The van der Waals surface area contributed by atoms with Gasteiger partial charge >= 0.3 is 5.97 Å². The molecule has 1 amide bonds. The van der Waals surface area contributed by atoms with Crippen molar-refractivity contribution < 1.29 is 49.3 Å². The summed E-state index contributed by atoms with van der Waals surface area (Å²) >= 11 is 0. The van der Waals surface area contributed by atoms with Gasteiger partial charge in [0.1, 0.15) is 24.4 Å². The molecular formula is C53H95NO10. The molecule has 0 spiro atoms. The number of ether oxygens (including phenoxy) is 3. The zero-order valence-electron chi connectivity index (χ0n) is 40.5. The van der Waals surface area contributed by atoms with Gasteiger partial charge < -0.3 is 45.1 Å². The Kier molecular flexibility index (Phi) is 40.3. The van der Waals surface area contributed by atoms with Crippen LogP contribution in [0.15, 0.2) is 48.6 Å². The van der Waals surface area contributed by atoms with E-state index in [-0.39, 0.29) is 18.5 Å².